The fourth-order valence-electron chi connectivity index (χ4n) is 3.23. The maximum absolute atomic E-state index is 12.4. The van der Waals surface area contributed by atoms with Crippen molar-refractivity contribution in [2.45, 2.75) is 40.1 Å². The van der Waals surface area contributed by atoms with Crippen LogP contribution in [0.4, 0.5) is 0 Å². The van der Waals surface area contributed by atoms with Gasteiger partial charge in [-0.2, -0.15) is 0 Å². The van der Waals surface area contributed by atoms with Crippen molar-refractivity contribution in [2.75, 3.05) is 6.26 Å². The SMILES string of the molecule is CC(=O)c1c(C)cc(C)c(COC(=O)c2cccc(CS(C)=O)c2)c1C. The molecule has 2 rings (SSSR count). The number of hydrogen-bond acceptors (Lipinski definition) is 4. The number of carbonyl (C=O) groups is 2. The van der Waals surface area contributed by atoms with E-state index in [1.54, 1.807) is 31.4 Å². The Kier molecular flexibility index (Phi) is 6.48. The summed E-state index contributed by atoms with van der Waals surface area (Å²) in [6.45, 7) is 7.40. The van der Waals surface area contributed by atoms with Gasteiger partial charge in [-0.3, -0.25) is 9.00 Å². The predicted octanol–water partition coefficient (Wildman–Crippen LogP) is 4.05. The first-order valence-corrected chi connectivity index (χ1v) is 10.1. The summed E-state index contributed by atoms with van der Waals surface area (Å²) in [5.41, 5.74) is 5.60. The smallest absolute Gasteiger partial charge is 0.338 e. The van der Waals surface area contributed by atoms with Gasteiger partial charge in [-0.1, -0.05) is 18.2 Å². The number of carbonyl (C=O) groups excluding carboxylic acids is 2. The molecule has 26 heavy (non-hydrogen) atoms. The Labute approximate surface area is 157 Å². The highest BCUT2D eigenvalue weighted by Gasteiger charge is 2.16. The van der Waals surface area contributed by atoms with Gasteiger partial charge in [0.15, 0.2) is 5.78 Å². The van der Waals surface area contributed by atoms with Crippen LogP contribution in [0.1, 0.15) is 55.5 Å². The third kappa shape index (κ3) is 4.67. The minimum atomic E-state index is -0.971. The molecule has 0 fully saturated rings. The fourth-order valence-corrected chi connectivity index (χ4v) is 3.88. The van der Waals surface area contributed by atoms with Crippen LogP contribution in [0.5, 0.6) is 0 Å². The summed E-state index contributed by atoms with van der Waals surface area (Å²) >= 11 is 0. The number of benzene rings is 2. The van der Waals surface area contributed by atoms with Gasteiger partial charge in [0.05, 0.1) is 5.56 Å². The highest BCUT2D eigenvalue weighted by molar-refractivity contribution is 7.83. The van der Waals surface area contributed by atoms with Crippen LogP contribution in [0.25, 0.3) is 0 Å². The third-order valence-electron chi connectivity index (χ3n) is 4.36. The molecule has 1 unspecified atom stereocenters. The molecule has 1 atom stereocenters. The lowest BCUT2D eigenvalue weighted by atomic mass is 9.92. The summed E-state index contributed by atoms with van der Waals surface area (Å²) in [4.78, 5) is 24.3. The average Bonchev–Trinajstić information content (AvgIpc) is 2.53. The molecular weight excluding hydrogens is 348 g/mol. The minimum absolute atomic E-state index is 0.00726. The lowest BCUT2D eigenvalue weighted by molar-refractivity contribution is 0.0471. The zero-order valence-electron chi connectivity index (χ0n) is 15.8. The summed E-state index contributed by atoms with van der Waals surface area (Å²) in [5.74, 6) is -0.0236. The van der Waals surface area contributed by atoms with Crippen molar-refractivity contribution in [2.24, 2.45) is 0 Å². The molecule has 0 bridgehead atoms. The summed E-state index contributed by atoms with van der Waals surface area (Å²) < 4.78 is 16.8. The van der Waals surface area contributed by atoms with Crippen molar-refractivity contribution < 1.29 is 18.5 Å². The van der Waals surface area contributed by atoms with Crippen LogP contribution < -0.4 is 0 Å². The number of esters is 1. The van der Waals surface area contributed by atoms with E-state index in [1.165, 1.54) is 0 Å². The predicted molar refractivity (Wildman–Crippen MR) is 104 cm³/mol. The summed E-state index contributed by atoms with van der Waals surface area (Å²) in [6.07, 6.45) is 1.63. The lowest BCUT2D eigenvalue weighted by Crippen LogP contribution is -2.10. The molecule has 5 heteroatoms. The van der Waals surface area contributed by atoms with E-state index in [1.807, 2.05) is 32.9 Å². The number of rotatable bonds is 6. The molecule has 138 valence electrons. The van der Waals surface area contributed by atoms with Crippen molar-refractivity contribution >= 4 is 22.6 Å². The van der Waals surface area contributed by atoms with E-state index >= 15 is 0 Å². The number of aryl methyl sites for hydroxylation is 2. The van der Waals surface area contributed by atoms with E-state index in [9.17, 15) is 13.8 Å². The second-order valence-corrected chi connectivity index (χ2v) is 7.97. The van der Waals surface area contributed by atoms with Gasteiger partial charge in [-0.15, -0.1) is 0 Å². The molecule has 0 aliphatic carbocycles. The Hall–Kier alpha value is -2.27. The molecule has 0 spiro atoms. The zero-order valence-corrected chi connectivity index (χ0v) is 16.7. The Bertz CT molecular complexity index is 884. The Morgan fingerprint density at radius 3 is 2.38 bits per heavy atom. The van der Waals surface area contributed by atoms with E-state index in [0.29, 0.717) is 16.9 Å². The van der Waals surface area contributed by atoms with Gasteiger partial charge < -0.3 is 4.74 Å². The fraction of sp³-hybridized carbons (Fsp3) is 0.333. The van der Waals surface area contributed by atoms with Gasteiger partial charge in [0.1, 0.15) is 6.61 Å². The maximum Gasteiger partial charge on any atom is 0.338 e. The van der Waals surface area contributed by atoms with Crippen LogP contribution in [0.15, 0.2) is 30.3 Å². The van der Waals surface area contributed by atoms with E-state index in [0.717, 1.165) is 27.8 Å². The molecule has 0 heterocycles. The first-order chi connectivity index (χ1) is 12.2. The van der Waals surface area contributed by atoms with Gasteiger partial charge in [0, 0.05) is 28.4 Å². The molecular formula is C21H24O4S. The molecule has 0 amide bonds. The molecule has 0 saturated carbocycles. The van der Waals surface area contributed by atoms with Gasteiger partial charge >= 0.3 is 5.97 Å². The van der Waals surface area contributed by atoms with Crippen LogP contribution in [0.3, 0.4) is 0 Å². The molecule has 0 saturated heterocycles. The third-order valence-corrected chi connectivity index (χ3v) is 5.10. The Morgan fingerprint density at radius 2 is 1.77 bits per heavy atom. The van der Waals surface area contributed by atoms with Crippen LogP contribution in [-0.4, -0.2) is 22.2 Å². The standard InChI is InChI=1S/C21H24O4S/c1-13-9-14(2)20(16(4)22)15(3)19(13)11-25-21(23)18-8-6-7-17(10-18)12-26(5)24/h6-10H,11-12H2,1-5H3. The zero-order chi connectivity index (χ0) is 19.4. The van der Waals surface area contributed by atoms with Crippen LogP contribution in [0, 0.1) is 20.8 Å². The molecule has 2 aromatic carbocycles. The van der Waals surface area contributed by atoms with Crippen LogP contribution >= 0.6 is 0 Å². The van der Waals surface area contributed by atoms with E-state index < -0.39 is 16.8 Å². The van der Waals surface area contributed by atoms with Gasteiger partial charge in [0.25, 0.3) is 0 Å². The maximum atomic E-state index is 12.4. The topological polar surface area (TPSA) is 60.4 Å². The average molecular weight is 372 g/mol. The lowest BCUT2D eigenvalue weighted by Gasteiger charge is -2.16. The molecule has 0 aromatic heterocycles. The molecule has 4 nitrogen and oxygen atoms in total. The second kappa shape index (κ2) is 8.41. The Morgan fingerprint density at radius 1 is 1.08 bits per heavy atom. The highest BCUT2D eigenvalue weighted by Crippen LogP contribution is 2.24. The van der Waals surface area contributed by atoms with Crippen LogP contribution in [-0.2, 0) is 27.9 Å². The largest absolute Gasteiger partial charge is 0.457 e. The van der Waals surface area contributed by atoms with Gasteiger partial charge in [0.2, 0.25) is 0 Å². The number of Topliss-reactive ketones (excluding diaryl/α,β-unsaturated/α-hetero) is 1. The Balaban J connectivity index is 2.21. The molecule has 0 aliphatic rings. The van der Waals surface area contributed by atoms with E-state index in [2.05, 4.69) is 0 Å². The van der Waals surface area contributed by atoms with Gasteiger partial charge in [-0.25, -0.2) is 4.79 Å². The number of hydrogen-bond donors (Lipinski definition) is 0. The molecule has 0 N–H and O–H groups in total. The van der Waals surface area contributed by atoms with E-state index in [-0.39, 0.29) is 12.4 Å². The highest BCUT2D eigenvalue weighted by atomic mass is 32.2. The van der Waals surface area contributed by atoms with Gasteiger partial charge in [-0.05, 0) is 67.6 Å². The number of ketones is 1. The second-order valence-electron chi connectivity index (χ2n) is 6.54. The summed E-state index contributed by atoms with van der Waals surface area (Å²) in [7, 11) is -0.971. The normalized spacial score (nSPS) is 11.9. The minimum Gasteiger partial charge on any atom is -0.457 e. The first kappa shape index (κ1) is 20.0. The molecule has 0 radical (unpaired) electrons. The quantitative estimate of drug-likeness (QED) is 0.567. The summed E-state index contributed by atoms with van der Waals surface area (Å²) in [6, 6.07) is 8.94. The molecule has 2 aromatic rings. The van der Waals surface area contributed by atoms with Crippen molar-refractivity contribution in [3.8, 4) is 0 Å². The monoisotopic (exact) mass is 372 g/mol. The van der Waals surface area contributed by atoms with Crippen molar-refractivity contribution in [1.29, 1.82) is 0 Å². The van der Waals surface area contributed by atoms with Crippen molar-refractivity contribution in [3.63, 3.8) is 0 Å². The van der Waals surface area contributed by atoms with Crippen molar-refractivity contribution in [1.82, 2.24) is 0 Å². The van der Waals surface area contributed by atoms with E-state index in [4.69, 9.17) is 4.74 Å². The first-order valence-electron chi connectivity index (χ1n) is 8.37. The number of ether oxygens (including phenoxy) is 1. The summed E-state index contributed by atoms with van der Waals surface area (Å²) in [5, 5.41) is 0. The molecule has 0 aliphatic heterocycles. The van der Waals surface area contributed by atoms with Crippen molar-refractivity contribution in [3.05, 3.63) is 69.3 Å². The van der Waals surface area contributed by atoms with Crippen LogP contribution in [0.2, 0.25) is 0 Å².